The summed E-state index contributed by atoms with van der Waals surface area (Å²) >= 11 is 2.08. The van der Waals surface area contributed by atoms with Crippen molar-refractivity contribution >= 4 is 34.3 Å². The van der Waals surface area contributed by atoms with Gasteiger partial charge in [-0.3, -0.25) is 4.79 Å². The summed E-state index contributed by atoms with van der Waals surface area (Å²) in [5.41, 5.74) is 1.60. The lowest BCUT2D eigenvalue weighted by molar-refractivity contribution is 0.0279. The molecule has 0 aliphatic heterocycles. The third-order valence-corrected chi connectivity index (χ3v) is 4.66. The molecular weight excluding hydrogens is 427 g/mol. The van der Waals surface area contributed by atoms with Crippen LogP contribution < -0.4 is 0 Å². The lowest BCUT2D eigenvalue weighted by Gasteiger charge is -2.18. The highest BCUT2D eigenvalue weighted by molar-refractivity contribution is 14.1. The molecule has 0 radical (unpaired) electrons. The first-order valence-electron chi connectivity index (χ1n) is 7.76. The average molecular weight is 442 g/mol. The van der Waals surface area contributed by atoms with Crippen LogP contribution in [-0.2, 0) is 4.74 Å². The standard InChI is InChI=1S/C21H15IO3/c22-18-14-8-7-13-17(18)21(24)25-20(16-11-5-2-6-12-16)19(23)15-9-3-1-4-10-15/h1-14,20H/t20-/m1/s1. The first-order chi connectivity index (χ1) is 12.2. The van der Waals surface area contributed by atoms with Crippen molar-refractivity contribution in [3.8, 4) is 0 Å². The zero-order valence-electron chi connectivity index (χ0n) is 13.3. The lowest BCUT2D eigenvalue weighted by atomic mass is 10.00. The number of carbonyl (C=O) groups excluding carboxylic acids is 2. The van der Waals surface area contributed by atoms with E-state index in [2.05, 4.69) is 22.6 Å². The predicted octanol–water partition coefficient (Wildman–Crippen LogP) is 5.07. The molecule has 0 bridgehead atoms. The number of hydrogen-bond acceptors (Lipinski definition) is 3. The molecule has 0 saturated carbocycles. The minimum atomic E-state index is -0.980. The molecule has 4 heteroatoms. The largest absolute Gasteiger partial charge is 0.445 e. The molecule has 1 atom stereocenters. The van der Waals surface area contributed by atoms with Gasteiger partial charge in [0.15, 0.2) is 6.10 Å². The number of carbonyl (C=O) groups is 2. The maximum atomic E-state index is 12.9. The van der Waals surface area contributed by atoms with Crippen molar-refractivity contribution in [1.29, 1.82) is 0 Å². The number of rotatable bonds is 5. The second-order valence-electron chi connectivity index (χ2n) is 5.41. The van der Waals surface area contributed by atoms with Crippen LogP contribution in [0.5, 0.6) is 0 Å². The van der Waals surface area contributed by atoms with Crippen molar-refractivity contribution in [2.45, 2.75) is 6.10 Å². The minimum absolute atomic E-state index is 0.244. The second-order valence-corrected chi connectivity index (χ2v) is 6.57. The molecule has 0 unspecified atom stereocenters. The minimum Gasteiger partial charge on any atom is -0.445 e. The molecule has 3 nitrogen and oxygen atoms in total. The lowest BCUT2D eigenvalue weighted by Crippen LogP contribution is -2.20. The fraction of sp³-hybridized carbons (Fsp3) is 0.0476. The number of ether oxygens (including phenoxy) is 1. The van der Waals surface area contributed by atoms with Crippen LogP contribution in [0, 0.1) is 3.57 Å². The maximum absolute atomic E-state index is 12.9. The van der Waals surface area contributed by atoms with Gasteiger partial charge < -0.3 is 4.74 Å². The number of Topliss-reactive ketones (excluding diaryl/α,β-unsaturated/α-hetero) is 1. The van der Waals surface area contributed by atoms with Gasteiger partial charge in [-0.2, -0.15) is 0 Å². The highest BCUT2D eigenvalue weighted by atomic mass is 127. The SMILES string of the molecule is O=C(O[C@@H](C(=O)c1ccccc1)c1ccccc1)c1ccccc1I. The molecule has 0 spiro atoms. The Morgan fingerprint density at radius 3 is 1.96 bits per heavy atom. The molecule has 0 aromatic heterocycles. The van der Waals surface area contributed by atoms with Crippen molar-refractivity contribution < 1.29 is 14.3 Å². The Balaban J connectivity index is 1.94. The van der Waals surface area contributed by atoms with Crippen LogP contribution >= 0.6 is 22.6 Å². The summed E-state index contributed by atoms with van der Waals surface area (Å²) in [5, 5.41) is 0. The molecule has 0 aliphatic carbocycles. The number of hydrogen-bond donors (Lipinski definition) is 0. The van der Waals surface area contributed by atoms with Gasteiger partial charge in [-0.15, -0.1) is 0 Å². The Kier molecular flexibility index (Phi) is 5.60. The summed E-state index contributed by atoms with van der Waals surface area (Å²) in [6.07, 6.45) is -0.980. The Labute approximate surface area is 159 Å². The van der Waals surface area contributed by atoms with Crippen LogP contribution in [0.15, 0.2) is 84.9 Å². The molecule has 25 heavy (non-hydrogen) atoms. The summed E-state index contributed by atoms with van der Waals surface area (Å²) in [6, 6.07) is 25.1. The van der Waals surface area contributed by atoms with Crippen LogP contribution in [-0.4, -0.2) is 11.8 Å². The summed E-state index contributed by atoms with van der Waals surface area (Å²) in [5.74, 6) is -0.755. The molecule has 0 amide bonds. The molecule has 0 N–H and O–H groups in total. The Bertz CT molecular complexity index is 876. The molecule has 0 saturated heterocycles. The van der Waals surface area contributed by atoms with Crippen LogP contribution in [0.1, 0.15) is 32.4 Å². The van der Waals surface area contributed by atoms with Crippen LogP contribution in [0.25, 0.3) is 0 Å². The van der Waals surface area contributed by atoms with E-state index in [0.29, 0.717) is 16.7 Å². The van der Waals surface area contributed by atoms with Gasteiger partial charge in [-0.1, -0.05) is 72.8 Å². The average Bonchev–Trinajstić information content (AvgIpc) is 2.67. The van der Waals surface area contributed by atoms with E-state index in [1.807, 2.05) is 36.4 Å². The van der Waals surface area contributed by atoms with Crippen LogP contribution in [0.3, 0.4) is 0 Å². The van der Waals surface area contributed by atoms with E-state index in [9.17, 15) is 9.59 Å². The number of ketones is 1. The fourth-order valence-corrected chi connectivity index (χ4v) is 3.06. The molecular formula is C21H15IO3. The van der Waals surface area contributed by atoms with E-state index in [-0.39, 0.29) is 5.78 Å². The Morgan fingerprint density at radius 1 is 0.760 bits per heavy atom. The van der Waals surface area contributed by atoms with E-state index in [1.54, 1.807) is 48.5 Å². The van der Waals surface area contributed by atoms with Gasteiger partial charge in [0, 0.05) is 14.7 Å². The fourth-order valence-electron chi connectivity index (χ4n) is 2.45. The van der Waals surface area contributed by atoms with Crippen LogP contribution in [0.4, 0.5) is 0 Å². The van der Waals surface area contributed by atoms with Crippen molar-refractivity contribution in [1.82, 2.24) is 0 Å². The molecule has 3 aromatic rings. The molecule has 3 aromatic carbocycles. The van der Waals surface area contributed by atoms with Gasteiger partial charge in [-0.25, -0.2) is 4.79 Å². The van der Waals surface area contributed by atoms with E-state index >= 15 is 0 Å². The first-order valence-corrected chi connectivity index (χ1v) is 8.84. The van der Waals surface area contributed by atoms with Gasteiger partial charge >= 0.3 is 5.97 Å². The Morgan fingerprint density at radius 2 is 1.32 bits per heavy atom. The highest BCUT2D eigenvalue weighted by Gasteiger charge is 2.27. The number of esters is 1. The molecule has 0 fully saturated rings. The Hall–Kier alpha value is -2.47. The maximum Gasteiger partial charge on any atom is 0.340 e. The quantitative estimate of drug-likeness (QED) is 0.315. The van der Waals surface area contributed by atoms with Gasteiger partial charge in [0.1, 0.15) is 0 Å². The predicted molar refractivity (Wildman–Crippen MR) is 105 cm³/mol. The highest BCUT2D eigenvalue weighted by Crippen LogP contribution is 2.25. The van der Waals surface area contributed by atoms with E-state index in [4.69, 9.17) is 4.74 Å². The van der Waals surface area contributed by atoms with Gasteiger partial charge in [0.25, 0.3) is 0 Å². The molecule has 0 aliphatic rings. The zero-order chi connectivity index (χ0) is 17.6. The van der Waals surface area contributed by atoms with Crippen molar-refractivity contribution in [3.05, 3.63) is 105 Å². The van der Waals surface area contributed by atoms with Gasteiger partial charge in [0.2, 0.25) is 5.78 Å². The second kappa shape index (κ2) is 8.07. The van der Waals surface area contributed by atoms with Crippen molar-refractivity contribution in [2.24, 2.45) is 0 Å². The smallest absolute Gasteiger partial charge is 0.340 e. The summed E-state index contributed by atoms with van der Waals surface area (Å²) in [7, 11) is 0. The van der Waals surface area contributed by atoms with Gasteiger partial charge in [0.05, 0.1) is 5.56 Å². The van der Waals surface area contributed by atoms with Crippen LogP contribution in [0.2, 0.25) is 0 Å². The first kappa shape index (κ1) is 17.4. The third kappa shape index (κ3) is 4.14. The van der Waals surface area contributed by atoms with Crippen molar-refractivity contribution in [3.63, 3.8) is 0 Å². The molecule has 3 rings (SSSR count). The summed E-state index contributed by atoms with van der Waals surface area (Å²) < 4.78 is 6.41. The number of benzene rings is 3. The molecule has 124 valence electrons. The normalized spacial score (nSPS) is 11.6. The van der Waals surface area contributed by atoms with Crippen molar-refractivity contribution in [2.75, 3.05) is 0 Å². The monoisotopic (exact) mass is 442 g/mol. The van der Waals surface area contributed by atoms with E-state index in [0.717, 1.165) is 3.57 Å². The molecule has 0 heterocycles. The third-order valence-electron chi connectivity index (χ3n) is 3.72. The van der Waals surface area contributed by atoms with E-state index in [1.165, 1.54) is 0 Å². The van der Waals surface area contributed by atoms with Gasteiger partial charge in [-0.05, 0) is 34.7 Å². The topological polar surface area (TPSA) is 43.4 Å². The number of halogens is 1. The van der Waals surface area contributed by atoms with E-state index < -0.39 is 12.1 Å². The summed E-state index contributed by atoms with van der Waals surface area (Å²) in [6.45, 7) is 0. The summed E-state index contributed by atoms with van der Waals surface area (Å²) in [4.78, 5) is 25.5. The zero-order valence-corrected chi connectivity index (χ0v) is 15.4.